The molecule has 3 rings (SSSR count). The molecule has 0 atom stereocenters. The second-order valence-electron chi connectivity index (χ2n) is 7.19. The average molecular weight is 504 g/mol. The summed E-state index contributed by atoms with van der Waals surface area (Å²) >= 11 is 0. The maximum absolute atomic E-state index is 12.6. The highest BCUT2D eigenvalue weighted by atomic mass is 16.6. The number of carbonyl (C=O) groups is 2. The van der Waals surface area contributed by atoms with Gasteiger partial charge in [-0.1, -0.05) is 6.07 Å². The minimum absolute atomic E-state index is 0.0184. The van der Waals surface area contributed by atoms with Crippen molar-refractivity contribution in [2.24, 2.45) is 0 Å². The molecule has 13 nitrogen and oxygen atoms in total. The Balaban J connectivity index is 1.91. The van der Waals surface area contributed by atoms with E-state index in [1.54, 1.807) is 6.07 Å². The second-order valence-corrected chi connectivity index (χ2v) is 7.19. The second kappa shape index (κ2) is 11.1. The molecule has 186 valence electrons. The minimum Gasteiger partial charge on any atom is -0.493 e. The molecule has 0 fully saturated rings. The number of nitriles is 1. The highest BCUT2D eigenvalue weighted by Gasteiger charge is 2.22. The molecule has 0 radical (unpaired) electrons. The number of amides is 1. The normalized spacial score (nSPS) is 10.6. The minimum atomic E-state index is -1.13. The molecule has 0 saturated carbocycles. The van der Waals surface area contributed by atoms with Gasteiger partial charge >= 0.3 is 11.7 Å². The summed E-state index contributed by atoms with van der Waals surface area (Å²) in [6, 6.07) is 14.3. The summed E-state index contributed by atoms with van der Waals surface area (Å²) in [5.74, 6) is -2.05. The number of rotatable bonds is 9. The molecule has 0 bridgehead atoms. The third kappa shape index (κ3) is 6.22. The van der Waals surface area contributed by atoms with E-state index >= 15 is 0 Å². The number of anilines is 1. The van der Waals surface area contributed by atoms with Crippen molar-refractivity contribution in [3.8, 4) is 23.3 Å². The van der Waals surface area contributed by atoms with Crippen molar-refractivity contribution in [3.63, 3.8) is 0 Å². The van der Waals surface area contributed by atoms with Crippen LogP contribution in [0.5, 0.6) is 17.2 Å². The van der Waals surface area contributed by atoms with E-state index in [2.05, 4.69) is 5.32 Å². The van der Waals surface area contributed by atoms with Crippen molar-refractivity contribution in [2.45, 2.75) is 0 Å². The number of hydrogen-bond acceptors (Lipinski definition) is 9. The van der Waals surface area contributed by atoms with Crippen molar-refractivity contribution in [2.75, 3.05) is 12.4 Å². The molecular weight excluding hydrogens is 488 g/mol. The maximum atomic E-state index is 12.6. The molecular formula is C24H16N4O9. The fourth-order valence-corrected chi connectivity index (χ4v) is 3.04. The lowest BCUT2D eigenvalue weighted by Gasteiger charge is -2.11. The fraction of sp³-hybridized carbons (Fsp3) is 0.0417. The molecule has 0 aliphatic rings. The van der Waals surface area contributed by atoms with Gasteiger partial charge in [0.1, 0.15) is 11.6 Å². The van der Waals surface area contributed by atoms with Crippen LogP contribution < -0.4 is 14.8 Å². The molecule has 13 heteroatoms. The van der Waals surface area contributed by atoms with Crippen LogP contribution in [-0.4, -0.2) is 33.9 Å². The molecule has 0 aromatic heterocycles. The Kier molecular flexibility index (Phi) is 7.76. The molecule has 37 heavy (non-hydrogen) atoms. The predicted octanol–water partition coefficient (Wildman–Crippen LogP) is 4.55. The lowest BCUT2D eigenvalue weighted by Crippen LogP contribution is -2.13. The Morgan fingerprint density at radius 1 is 0.973 bits per heavy atom. The van der Waals surface area contributed by atoms with Crippen LogP contribution in [0.4, 0.5) is 17.1 Å². The summed E-state index contributed by atoms with van der Waals surface area (Å²) in [4.78, 5) is 44.3. The van der Waals surface area contributed by atoms with Gasteiger partial charge in [0.05, 0.1) is 28.6 Å². The SMILES string of the molecule is COc1ccc(/C=C(\C#N)C(=O)Nc2ccc(C(=O)O)cc2)cc1Oc1ccc([N+](=O)[O-])cc1[N+](=O)[O-]. The van der Waals surface area contributed by atoms with Crippen LogP contribution in [-0.2, 0) is 4.79 Å². The molecule has 0 heterocycles. The third-order valence-corrected chi connectivity index (χ3v) is 4.82. The molecule has 2 N–H and O–H groups in total. The number of methoxy groups -OCH3 is 1. The van der Waals surface area contributed by atoms with Gasteiger partial charge in [-0.3, -0.25) is 25.0 Å². The van der Waals surface area contributed by atoms with E-state index < -0.39 is 33.1 Å². The largest absolute Gasteiger partial charge is 0.493 e. The Bertz CT molecular complexity index is 1470. The summed E-state index contributed by atoms with van der Waals surface area (Å²) in [5.41, 5.74) is -0.866. The van der Waals surface area contributed by atoms with Gasteiger partial charge in [-0.15, -0.1) is 0 Å². The summed E-state index contributed by atoms with van der Waals surface area (Å²) in [7, 11) is 1.33. The van der Waals surface area contributed by atoms with E-state index in [-0.39, 0.29) is 34.1 Å². The third-order valence-electron chi connectivity index (χ3n) is 4.82. The summed E-state index contributed by atoms with van der Waals surface area (Å²) < 4.78 is 10.8. The number of nitrogens with one attached hydrogen (secondary N) is 1. The van der Waals surface area contributed by atoms with Crippen molar-refractivity contribution < 1.29 is 34.0 Å². The van der Waals surface area contributed by atoms with Gasteiger partial charge in [-0.25, -0.2) is 4.79 Å². The van der Waals surface area contributed by atoms with Crippen LogP contribution in [0.15, 0.2) is 66.2 Å². The lowest BCUT2D eigenvalue weighted by atomic mass is 10.1. The van der Waals surface area contributed by atoms with Gasteiger partial charge in [0.2, 0.25) is 5.75 Å². The van der Waals surface area contributed by atoms with Crippen molar-refractivity contribution in [1.82, 2.24) is 0 Å². The van der Waals surface area contributed by atoms with Crippen molar-refractivity contribution >= 4 is 35.0 Å². The predicted molar refractivity (Wildman–Crippen MR) is 128 cm³/mol. The van der Waals surface area contributed by atoms with Crippen LogP contribution in [0, 0.1) is 31.6 Å². The number of aromatic carboxylic acids is 1. The number of nitrogens with zero attached hydrogens (tertiary/aromatic N) is 3. The van der Waals surface area contributed by atoms with Crippen molar-refractivity contribution in [1.29, 1.82) is 5.26 Å². The van der Waals surface area contributed by atoms with Gasteiger partial charge in [0, 0.05) is 11.8 Å². The number of nitro benzene ring substituents is 2. The van der Waals surface area contributed by atoms with Crippen LogP contribution in [0.1, 0.15) is 15.9 Å². The Labute approximate surface area is 208 Å². The molecule has 0 saturated heterocycles. The number of benzene rings is 3. The van der Waals surface area contributed by atoms with Gasteiger partial charge in [-0.05, 0) is 54.1 Å². The van der Waals surface area contributed by atoms with E-state index in [0.29, 0.717) is 5.56 Å². The van der Waals surface area contributed by atoms with E-state index in [0.717, 1.165) is 18.2 Å². The molecule has 0 spiro atoms. The lowest BCUT2D eigenvalue weighted by molar-refractivity contribution is -0.394. The summed E-state index contributed by atoms with van der Waals surface area (Å²) in [5, 5.41) is 43.3. The Morgan fingerprint density at radius 3 is 2.22 bits per heavy atom. The van der Waals surface area contributed by atoms with Gasteiger partial charge in [-0.2, -0.15) is 5.26 Å². The smallest absolute Gasteiger partial charge is 0.335 e. The first-order valence-electron chi connectivity index (χ1n) is 10.2. The number of nitro groups is 2. The van der Waals surface area contributed by atoms with Crippen molar-refractivity contribution in [3.05, 3.63) is 97.6 Å². The Morgan fingerprint density at radius 2 is 1.65 bits per heavy atom. The van der Waals surface area contributed by atoms with E-state index in [1.807, 2.05) is 0 Å². The molecule has 3 aromatic carbocycles. The van der Waals surface area contributed by atoms with Gasteiger partial charge in [0.15, 0.2) is 11.5 Å². The number of carboxylic acids is 1. The first-order chi connectivity index (χ1) is 17.6. The molecule has 0 aliphatic carbocycles. The molecule has 1 amide bonds. The number of carboxylic acid groups (broad SMARTS) is 1. The Hall–Kier alpha value is -5.77. The number of non-ortho nitro benzene ring substituents is 1. The van der Waals surface area contributed by atoms with E-state index in [9.17, 15) is 35.1 Å². The molecule has 0 unspecified atom stereocenters. The zero-order chi connectivity index (χ0) is 27.1. The maximum Gasteiger partial charge on any atom is 0.335 e. The van der Waals surface area contributed by atoms with Crippen LogP contribution >= 0.6 is 0 Å². The molecule has 3 aromatic rings. The van der Waals surface area contributed by atoms with E-state index in [1.165, 1.54) is 55.7 Å². The number of hydrogen-bond donors (Lipinski definition) is 2. The number of carbonyl (C=O) groups excluding carboxylic acids is 1. The average Bonchev–Trinajstić information content (AvgIpc) is 2.87. The first-order valence-corrected chi connectivity index (χ1v) is 10.2. The highest BCUT2D eigenvalue weighted by molar-refractivity contribution is 6.09. The highest BCUT2D eigenvalue weighted by Crippen LogP contribution is 2.38. The van der Waals surface area contributed by atoms with Crippen LogP contribution in [0.3, 0.4) is 0 Å². The molecule has 0 aliphatic heterocycles. The topological polar surface area (TPSA) is 195 Å². The van der Waals surface area contributed by atoms with E-state index in [4.69, 9.17) is 14.6 Å². The van der Waals surface area contributed by atoms with Crippen LogP contribution in [0.2, 0.25) is 0 Å². The summed E-state index contributed by atoms with van der Waals surface area (Å²) in [6.07, 6.45) is 1.23. The standard InChI is InChI=1S/C24H16N4O9/c1-36-21-8-2-14(10-16(13-25)23(29)26-17-5-3-15(4-6-17)24(30)31)11-22(21)37-20-9-7-18(27(32)33)12-19(20)28(34)35/h2-12H,1H3,(H,26,29)(H,30,31)/b16-10+. The summed E-state index contributed by atoms with van der Waals surface area (Å²) in [6.45, 7) is 0. The fourth-order valence-electron chi connectivity index (χ4n) is 3.04. The van der Waals surface area contributed by atoms with Crippen LogP contribution in [0.25, 0.3) is 6.08 Å². The van der Waals surface area contributed by atoms with Gasteiger partial charge < -0.3 is 19.9 Å². The zero-order valence-electron chi connectivity index (χ0n) is 18.9. The number of ether oxygens (including phenoxy) is 2. The zero-order valence-corrected chi connectivity index (χ0v) is 18.9. The quantitative estimate of drug-likeness (QED) is 0.180. The monoisotopic (exact) mass is 504 g/mol. The van der Waals surface area contributed by atoms with Gasteiger partial charge in [0.25, 0.3) is 11.6 Å². The first kappa shape index (κ1) is 25.8.